The second kappa shape index (κ2) is 14.1. The molecule has 7 aromatic carbocycles. The van der Waals surface area contributed by atoms with Crippen molar-refractivity contribution in [3.05, 3.63) is 193 Å². The van der Waals surface area contributed by atoms with Crippen LogP contribution in [0.2, 0.25) is 0 Å². The Balaban J connectivity index is 1.18. The van der Waals surface area contributed by atoms with Crippen LogP contribution in [0.5, 0.6) is 0 Å². The molecule has 2 aromatic heterocycles. The maximum absolute atomic E-state index is 5.15. The molecule has 0 saturated heterocycles. The van der Waals surface area contributed by atoms with E-state index < -0.39 is 0 Å². The monoisotopic (exact) mass is 720 g/mol. The fraction of sp³-hybridized carbons (Fsp3) is 0. The number of benzene rings is 7. The van der Waals surface area contributed by atoms with Gasteiger partial charge in [0.05, 0.1) is 0 Å². The zero-order valence-electron chi connectivity index (χ0n) is 29.7. The second-order valence-corrected chi connectivity index (χ2v) is 14.5. The predicted molar refractivity (Wildman–Crippen MR) is 227 cm³/mol. The van der Waals surface area contributed by atoms with Crippen LogP contribution in [0.1, 0.15) is 11.1 Å². The lowest BCUT2D eigenvalue weighted by atomic mass is 9.93. The molecule has 5 heteroatoms. The molecule has 0 unspecified atom stereocenters. The smallest absolute Gasteiger partial charge is 0.164 e. The topological polar surface area (TPSA) is 51.6 Å². The van der Waals surface area contributed by atoms with Crippen LogP contribution in [0.4, 0.5) is 0 Å². The van der Waals surface area contributed by atoms with Crippen molar-refractivity contribution in [2.45, 2.75) is 9.79 Å². The van der Waals surface area contributed by atoms with Crippen molar-refractivity contribution >= 4 is 34.7 Å². The molecule has 0 bridgehead atoms. The molecule has 0 atom stereocenters. The first-order chi connectivity index (χ1) is 27.2. The second-order valence-electron chi connectivity index (χ2n) is 13.5. The van der Waals surface area contributed by atoms with Gasteiger partial charge in [0.2, 0.25) is 0 Å². The third-order valence-corrected chi connectivity index (χ3v) is 11.3. The molecule has 0 spiro atoms. The summed E-state index contributed by atoms with van der Waals surface area (Å²) in [5, 5.41) is 2.43. The first-order valence-electron chi connectivity index (χ1n) is 18.3. The lowest BCUT2D eigenvalue weighted by Gasteiger charge is -2.17. The van der Waals surface area contributed by atoms with Crippen molar-refractivity contribution in [2.75, 3.05) is 0 Å². The van der Waals surface area contributed by atoms with E-state index in [2.05, 4.69) is 151 Å². The van der Waals surface area contributed by atoms with Gasteiger partial charge in [0.15, 0.2) is 17.5 Å². The summed E-state index contributed by atoms with van der Waals surface area (Å²) in [6.07, 6.45) is 8.15. The number of nitrogens with zero attached hydrogens (tertiary/aromatic N) is 4. The van der Waals surface area contributed by atoms with E-state index in [1.165, 1.54) is 37.3 Å². The summed E-state index contributed by atoms with van der Waals surface area (Å²) in [7, 11) is 0. The van der Waals surface area contributed by atoms with Crippen molar-refractivity contribution in [3.63, 3.8) is 0 Å². The van der Waals surface area contributed by atoms with Gasteiger partial charge in [-0.15, -0.1) is 0 Å². The average Bonchev–Trinajstić information content (AvgIpc) is 3.28. The zero-order valence-corrected chi connectivity index (χ0v) is 30.5. The summed E-state index contributed by atoms with van der Waals surface area (Å²) in [6, 6.07) is 59.7. The van der Waals surface area contributed by atoms with E-state index in [1.807, 2.05) is 54.4 Å². The maximum Gasteiger partial charge on any atom is 0.164 e. The third kappa shape index (κ3) is 6.31. The van der Waals surface area contributed by atoms with E-state index >= 15 is 0 Å². The molecule has 1 aliphatic rings. The fourth-order valence-corrected chi connectivity index (χ4v) is 8.53. The van der Waals surface area contributed by atoms with Gasteiger partial charge in [-0.25, -0.2) is 15.0 Å². The molecule has 1 aliphatic heterocycles. The predicted octanol–water partition coefficient (Wildman–Crippen LogP) is 13.1. The summed E-state index contributed by atoms with van der Waals surface area (Å²) in [4.78, 5) is 22.0. The molecular weight excluding hydrogens is 689 g/mol. The van der Waals surface area contributed by atoms with Crippen LogP contribution in [0, 0.1) is 0 Å². The van der Waals surface area contributed by atoms with Gasteiger partial charge in [0.25, 0.3) is 0 Å². The van der Waals surface area contributed by atoms with Gasteiger partial charge in [-0.05, 0) is 73.5 Å². The van der Waals surface area contributed by atoms with Gasteiger partial charge < -0.3 is 0 Å². The number of rotatable bonds is 4. The summed E-state index contributed by atoms with van der Waals surface area (Å²) in [6.45, 7) is 0. The fourth-order valence-electron chi connectivity index (χ4n) is 7.29. The molecule has 0 aliphatic carbocycles. The first kappa shape index (κ1) is 32.7. The summed E-state index contributed by atoms with van der Waals surface area (Å²) in [5.74, 6) is 1.86. The van der Waals surface area contributed by atoms with Crippen molar-refractivity contribution in [2.24, 2.45) is 0 Å². The molecule has 0 saturated carbocycles. The molecule has 258 valence electrons. The van der Waals surface area contributed by atoms with Crippen molar-refractivity contribution < 1.29 is 0 Å². The third-order valence-electron chi connectivity index (χ3n) is 10.1. The minimum atomic E-state index is 0.618. The van der Waals surface area contributed by atoms with Crippen LogP contribution >= 0.6 is 11.8 Å². The molecule has 10 rings (SSSR count). The minimum Gasteiger partial charge on any atom is -0.264 e. The molecular formula is C50H32N4S. The van der Waals surface area contributed by atoms with Crippen LogP contribution in [0.25, 0.3) is 90.5 Å². The highest BCUT2D eigenvalue weighted by Gasteiger charge is 2.20. The Morgan fingerprint density at radius 2 is 1.00 bits per heavy atom. The number of fused-ring (bicyclic) bond motifs is 8. The average molecular weight is 721 g/mol. The largest absolute Gasteiger partial charge is 0.264 e. The van der Waals surface area contributed by atoms with Crippen molar-refractivity contribution in [1.29, 1.82) is 0 Å². The Kier molecular flexibility index (Phi) is 8.39. The first-order valence-corrected chi connectivity index (χ1v) is 19.1. The van der Waals surface area contributed by atoms with Gasteiger partial charge in [-0.3, -0.25) is 4.98 Å². The quantitative estimate of drug-likeness (QED) is 0.181. The van der Waals surface area contributed by atoms with E-state index in [4.69, 9.17) is 15.0 Å². The lowest BCUT2D eigenvalue weighted by Crippen LogP contribution is -2.00. The lowest BCUT2D eigenvalue weighted by molar-refractivity contribution is 1.07. The van der Waals surface area contributed by atoms with Crippen molar-refractivity contribution in [1.82, 2.24) is 19.9 Å². The number of hydrogen-bond donors (Lipinski definition) is 0. The van der Waals surface area contributed by atoms with Gasteiger partial charge in [0.1, 0.15) is 0 Å². The van der Waals surface area contributed by atoms with E-state index in [0.29, 0.717) is 17.5 Å². The molecule has 9 aromatic rings. The number of pyridine rings is 1. The molecule has 0 radical (unpaired) electrons. The molecule has 55 heavy (non-hydrogen) atoms. The molecule has 0 N–H and O–H groups in total. The van der Waals surface area contributed by atoms with Gasteiger partial charge in [-0.2, -0.15) is 0 Å². The summed E-state index contributed by atoms with van der Waals surface area (Å²) in [5.41, 5.74) is 11.9. The maximum atomic E-state index is 5.15. The van der Waals surface area contributed by atoms with E-state index in [1.54, 1.807) is 6.20 Å². The van der Waals surface area contributed by atoms with Crippen LogP contribution in [0.3, 0.4) is 0 Å². The van der Waals surface area contributed by atoms with Crippen molar-refractivity contribution in [3.8, 4) is 67.5 Å². The van der Waals surface area contributed by atoms with Gasteiger partial charge in [0, 0.05) is 38.9 Å². The standard InChI is InChI=1S/C50H32N4S/c1-2-13-37(14-3-1)48-52-49(38-25-20-33(21-26-38)40-15-10-30-51-32-40)54-50(53-48)39-27-24-36-23-22-34-11-4-6-16-41(34)43-18-8-9-19-46(43)55-47-42-17-7-5-12-35(42)28-29-44(47)45(36)31-39/h1-32H/b23-22-. The molecule has 4 nitrogen and oxygen atoms in total. The zero-order chi connectivity index (χ0) is 36.6. The summed E-state index contributed by atoms with van der Waals surface area (Å²) < 4.78 is 0. The number of aromatic nitrogens is 4. The molecule has 0 fully saturated rings. The number of hydrogen-bond acceptors (Lipinski definition) is 5. The van der Waals surface area contributed by atoms with E-state index in [0.717, 1.165) is 44.5 Å². The van der Waals surface area contributed by atoms with Gasteiger partial charge >= 0.3 is 0 Å². The van der Waals surface area contributed by atoms with E-state index in [-0.39, 0.29) is 0 Å². The Labute approximate surface area is 324 Å². The summed E-state index contributed by atoms with van der Waals surface area (Å²) >= 11 is 1.83. The van der Waals surface area contributed by atoms with Gasteiger partial charge in [-0.1, -0.05) is 176 Å². The Morgan fingerprint density at radius 1 is 0.382 bits per heavy atom. The highest BCUT2D eigenvalue weighted by molar-refractivity contribution is 7.99. The van der Waals surface area contributed by atoms with E-state index in [9.17, 15) is 0 Å². The molecule has 0 amide bonds. The SMILES string of the molecule is C1=C\c2ccc(-c3nc(-c4ccccc4)nc(-c4ccc(-c5cccnc5)cc4)n3)cc2-c2ccc3ccccc3c2Sc2ccccc2-c2ccccc2/1. The Bertz CT molecular complexity index is 2890. The highest BCUT2D eigenvalue weighted by atomic mass is 32.2. The normalized spacial score (nSPS) is 12.4. The van der Waals surface area contributed by atoms with Crippen LogP contribution in [-0.4, -0.2) is 19.9 Å². The van der Waals surface area contributed by atoms with Crippen LogP contribution < -0.4 is 0 Å². The minimum absolute atomic E-state index is 0.618. The Morgan fingerprint density at radius 3 is 1.80 bits per heavy atom. The van der Waals surface area contributed by atoms with Crippen LogP contribution in [-0.2, 0) is 0 Å². The molecule has 3 heterocycles. The van der Waals surface area contributed by atoms with Crippen LogP contribution in [0.15, 0.2) is 192 Å². The highest BCUT2D eigenvalue weighted by Crippen LogP contribution is 2.47. The Hall–Kier alpha value is -6.95.